The number of nitrogens with one attached hydrogen (secondary N) is 2. The van der Waals surface area contributed by atoms with Crippen molar-refractivity contribution < 1.29 is 4.39 Å². The summed E-state index contributed by atoms with van der Waals surface area (Å²) in [7, 11) is 0. The predicted octanol–water partition coefficient (Wildman–Crippen LogP) is 2.30. The molecular formula is C15H23FN2. The number of benzene rings is 1. The zero-order chi connectivity index (χ0) is 13.0. The van der Waals surface area contributed by atoms with Gasteiger partial charge in [-0.2, -0.15) is 0 Å². The molecule has 2 N–H and O–H groups in total. The Morgan fingerprint density at radius 2 is 2.06 bits per heavy atom. The summed E-state index contributed by atoms with van der Waals surface area (Å²) in [6, 6.07) is 6.85. The summed E-state index contributed by atoms with van der Waals surface area (Å²) in [5.74, 6) is 0.591. The van der Waals surface area contributed by atoms with Gasteiger partial charge in [0.2, 0.25) is 0 Å². The van der Waals surface area contributed by atoms with Gasteiger partial charge in [0.15, 0.2) is 0 Å². The maximum Gasteiger partial charge on any atom is 0.123 e. The fourth-order valence-electron chi connectivity index (χ4n) is 2.48. The van der Waals surface area contributed by atoms with Gasteiger partial charge in [-0.1, -0.05) is 26.0 Å². The van der Waals surface area contributed by atoms with E-state index in [1.165, 1.54) is 24.1 Å². The van der Waals surface area contributed by atoms with Crippen LogP contribution in [0, 0.1) is 11.7 Å². The SMILES string of the molecule is CC(C)(CNCC1CCNC1)c1ccc(F)cc1. The Morgan fingerprint density at radius 1 is 1.33 bits per heavy atom. The second kappa shape index (κ2) is 5.81. The van der Waals surface area contributed by atoms with Crippen molar-refractivity contribution in [2.24, 2.45) is 5.92 Å². The summed E-state index contributed by atoms with van der Waals surface area (Å²) in [5, 5.41) is 6.92. The van der Waals surface area contributed by atoms with Crippen LogP contribution in [-0.2, 0) is 5.41 Å². The number of hydrogen-bond donors (Lipinski definition) is 2. The van der Waals surface area contributed by atoms with E-state index in [9.17, 15) is 4.39 Å². The Kier molecular flexibility index (Phi) is 4.36. The van der Waals surface area contributed by atoms with Crippen LogP contribution < -0.4 is 10.6 Å². The van der Waals surface area contributed by atoms with E-state index in [-0.39, 0.29) is 11.2 Å². The van der Waals surface area contributed by atoms with Gasteiger partial charge < -0.3 is 10.6 Å². The highest BCUT2D eigenvalue weighted by Gasteiger charge is 2.21. The number of halogens is 1. The zero-order valence-electron chi connectivity index (χ0n) is 11.3. The van der Waals surface area contributed by atoms with Gasteiger partial charge in [-0.05, 0) is 49.7 Å². The third-order valence-corrected chi connectivity index (χ3v) is 3.79. The Bertz CT molecular complexity index is 367. The van der Waals surface area contributed by atoms with Crippen molar-refractivity contribution >= 4 is 0 Å². The van der Waals surface area contributed by atoms with Crippen LogP contribution in [0.1, 0.15) is 25.8 Å². The highest BCUT2D eigenvalue weighted by molar-refractivity contribution is 5.24. The lowest BCUT2D eigenvalue weighted by molar-refractivity contribution is 0.430. The van der Waals surface area contributed by atoms with E-state index in [1.807, 2.05) is 12.1 Å². The lowest BCUT2D eigenvalue weighted by Crippen LogP contribution is -2.36. The topological polar surface area (TPSA) is 24.1 Å². The summed E-state index contributed by atoms with van der Waals surface area (Å²) in [6.45, 7) is 8.66. The highest BCUT2D eigenvalue weighted by atomic mass is 19.1. The Balaban J connectivity index is 1.84. The second-order valence-electron chi connectivity index (χ2n) is 5.88. The van der Waals surface area contributed by atoms with Crippen LogP contribution in [0.3, 0.4) is 0 Å². The molecule has 0 spiro atoms. The third-order valence-electron chi connectivity index (χ3n) is 3.79. The summed E-state index contributed by atoms with van der Waals surface area (Å²) >= 11 is 0. The number of hydrogen-bond acceptors (Lipinski definition) is 2. The van der Waals surface area contributed by atoms with E-state index < -0.39 is 0 Å². The van der Waals surface area contributed by atoms with Gasteiger partial charge >= 0.3 is 0 Å². The monoisotopic (exact) mass is 250 g/mol. The van der Waals surface area contributed by atoms with Crippen molar-refractivity contribution in [3.63, 3.8) is 0 Å². The van der Waals surface area contributed by atoms with Crippen molar-refractivity contribution in [2.75, 3.05) is 26.2 Å². The minimum atomic E-state index is -0.167. The summed E-state index contributed by atoms with van der Waals surface area (Å²) in [4.78, 5) is 0. The van der Waals surface area contributed by atoms with Crippen molar-refractivity contribution in [1.82, 2.24) is 10.6 Å². The van der Waals surface area contributed by atoms with Crippen molar-refractivity contribution in [3.8, 4) is 0 Å². The van der Waals surface area contributed by atoms with E-state index >= 15 is 0 Å². The van der Waals surface area contributed by atoms with E-state index in [0.29, 0.717) is 0 Å². The third kappa shape index (κ3) is 3.53. The molecule has 0 saturated carbocycles. The molecule has 0 aliphatic carbocycles. The summed E-state index contributed by atoms with van der Waals surface area (Å²) < 4.78 is 12.9. The average molecular weight is 250 g/mol. The molecule has 1 unspecified atom stereocenters. The molecule has 1 heterocycles. The first kappa shape index (κ1) is 13.5. The molecule has 0 amide bonds. The predicted molar refractivity (Wildman–Crippen MR) is 73.3 cm³/mol. The highest BCUT2D eigenvalue weighted by Crippen LogP contribution is 2.22. The molecule has 1 atom stereocenters. The molecule has 100 valence electrons. The van der Waals surface area contributed by atoms with Crippen LogP contribution >= 0.6 is 0 Å². The van der Waals surface area contributed by atoms with Crippen LogP contribution in [0.2, 0.25) is 0 Å². The average Bonchev–Trinajstić information content (AvgIpc) is 2.82. The molecule has 0 bridgehead atoms. The largest absolute Gasteiger partial charge is 0.316 e. The minimum Gasteiger partial charge on any atom is -0.316 e. The lowest BCUT2D eigenvalue weighted by Gasteiger charge is -2.26. The Morgan fingerprint density at radius 3 is 2.67 bits per heavy atom. The van der Waals surface area contributed by atoms with Gasteiger partial charge in [-0.15, -0.1) is 0 Å². The maximum absolute atomic E-state index is 12.9. The van der Waals surface area contributed by atoms with Crippen LogP contribution in [0.5, 0.6) is 0 Å². The molecular weight excluding hydrogens is 227 g/mol. The fraction of sp³-hybridized carbons (Fsp3) is 0.600. The fourth-order valence-corrected chi connectivity index (χ4v) is 2.48. The smallest absolute Gasteiger partial charge is 0.123 e. The molecule has 1 aliphatic rings. The lowest BCUT2D eigenvalue weighted by atomic mass is 9.84. The summed E-state index contributed by atoms with van der Waals surface area (Å²) in [6.07, 6.45) is 1.27. The van der Waals surface area contributed by atoms with E-state index in [0.717, 1.165) is 32.1 Å². The Hall–Kier alpha value is -0.930. The number of rotatable bonds is 5. The molecule has 1 aromatic rings. The zero-order valence-corrected chi connectivity index (χ0v) is 11.3. The van der Waals surface area contributed by atoms with Crippen molar-refractivity contribution in [3.05, 3.63) is 35.6 Å². The van der Waals surface area contributed by atoms with E-state index in [2.05, 4.69) is 24.5 Å². The molecule has 0 aromatic heterocycles. The quantitative estimate of drug-likeness (QED) is 0.838. The van der Waals surface area contributed by atoms with Crippen molar-refractivity contribution in [2.45, 2.75) is 25.7 Å². The maximum atomic E-state index is 12.9. The van der Waals surface area contributed by atoms with Gasteiger partial charge in [-0.25, -0.2) is 4.39 Å². The minimum absolute atomic E-state index is 0.0414. The van der Waals surface area contributed by atoms with Gasteiger partial charge in [0, 0.05) is 12.0 Å². The Labute approximate surface area is 109 Å². The standard InChI is InChI=1S/C15H23FN2/c1-15(2,13-3-5-14(16)6-4-13)11-18-10-12-7-8-17-9-12/h3-6,12,17-18H,7-11H2,1-2H3. The van der Waals surface area contributed by atoms with Gasteiger partial charge in [0.05, 0.1) is 0 Å². The van der Waals surface area contributed by atoms with Gasteiger partial charge in [-0.3, -0.25) is 0 Å². The first-order chi connectivity index (χ1) is 8.58. The second-order valence-corrected chi connectivity index (χ2v) is 5.88. The van der Waals surface area contributed by atoms with Crippen molar-refractivity contribution in [1.29, 1.82) is 0 Å². The molecule has 3 heteroatoms. The van der Waals surface area contributed by atoms with Crippen LogP contribution in [-0.4, -0.2) is 26.2 Å². The molecule has 1 fully saturated rings. The molecule has 2 rings (SSSR count). The molecule has 0 radical (unpaired) electrons. The molecule has 1 aromatic carbocycles. The summed E-state index contributed by atoms with van der Waals surface area (Å²) in [5.41, 5.74) is 1.22. The van der Waals surface area contributed by atoms with Crippen LogP contribution in [0.15, 0.2) is 24.3 Å². The van der Waals surface area contributed by atoms with E-state index in [1.54, 1.807) is 0 Å². The van der Waals surface area contributed by atoms with Gasteiger partial charge in [0.1, 0.15) is 5.82 Å². The van der Waals surface area contributed by atoms with E-state index in [4.69, 9.17) is 0 Å². The first-order valence-corrected chi connectivity index (χ1v) is 6.75. The molecule has 18 heavy (non-hydrogen) atoms. The van der Waals surface area contributed by atoms with Gasteiger partial charge in [0.25, 0.3) is 0 Å². The molecule has 1 saturated heterocycles. The molecule has 1 aliphatic heterocycles. The molecule has 2 nitrogen and oxygen atoms in total. The van der Waals surface area contributed by atoms with Crippen LogP contribution in [0.4, 0.5) is 4.39 Å². The normalized spacial score (nSPS) is 20.3. The first-order valence-electron chi connectivity index (χ1n) is 6.75. The van der Waals surface area contributed by atoms with Crippen LogP contribution in [0.25, 0.3) is 0 Å².